The predicted octanol–water partition coefficient (Wildman–Crippen LogP) is 3.62. The Kier molecular flexibility index (Phi) is 6.48. The van der Waals surface area contributed by atoms with Crippen molar-refractivity contribution in [3.8, 4) is 0 Å². The molecule has 2 amide bonds. The van der Waals surface area contributed by atoms with Crippen molar-refractivity contribution >= 4 is 11.8 Å². The maximum atomic E-state index is 12.5. The third-order valence-corrected chi connectivity index (χ3v) is 5.64. The van der Waals surface area contributed by atoms with Crippen molar-refractivity contribution in [2.45, 2.75) is 69.7 Å². The highest BCUT2D eigenvalue weighted by molar-refractivity contribution is 5.83. The summed E-state index contributed by atoms with van der Waals surface area (Å²) in [4.78, 5) is 26.5. The Morgan fingerprint density at radius 1 is 0.920 bits per heavy atom. The Morgan fingerprint density at radius 3 is 2.44 bits per heavy atom. The summed E-state index contributed by atoms with van der Waals surface area (Å²) in [5.41, 5.74) is 1.38. The Labute approximate surface area is 151 Å². The van der Waals surface area contributed by atoms with E-state index in [0.29, 0.717) is 24.8 Å². The molecule has 0 bridgehead atoms. The lowest BCUT2D eigenvalue weighted by atomic mass is 9.92. The van der Waals surface area contributed by atoms with Crippen LogP contribution in [0.1, 0.15) is 69.3 Å². The number of hydrogen-bond acceptors (Lipinski definition) is 2. The minimum atomic E-state index is 0.0391. The first-order valence-corrected chi connectivity index (χ1v) is 9.84. The molecule has 2 fully saturated rings. The lowest BCUT2D eigenvalue weighted by Crippen LogP contribution is -2.35. The third-order valence-electron chi connectivity index (χ3n) is 5.64. The van der Waals surface area contributed by atoms with Gasteiger partial charge in [0, 0.05) is 32.0 Å². The third kappa shape index (κ3) is 5.32. The number of rotatable bonds is 5. The van der Waals surface area contributed by atoms with Gasteiger partial charge in [0.2, 0.25) is 11.8 Å². The Bertz CT molecular complexity index is 567. The van der Waals surface area contributed by atoms with Gasteiger partial charge in [0.25, 0.3) is 0 Å². The van der Waals surface area contributed by atoms with Crippen LogP contribution in [-0.4, -0.2) is 35.8 Å². The number of carbonyl (C=O) groups excluding carboxylic acids is 2. The summed E-state index contributed by atoms with van der Waals surface area (Å²) < 4.78 is 0. The predicted molar refractivity (Wildman–Crippen MR) is 99.2 cm³/mol. The molecular weight excluding hydrogens is 312 g/mol. The van der Waals surface area contributed by atoms with Crippen LogP contribution in [0.25, 0.3) is 0 Å². The van der Waals surface area contributed by atoms with E-state index in [0.717, 1.165) is 45.2 Å². The molecule has 0 unspecified atom stereocenters. The highest BCUT2D eigenvalue weighted by Gasteiger charge is 2.22. The van der Waals surface area contributed by atoms with Crippen molar-refractivity contribution in [3.05, 3.63) is 35.9 Å². The van der Waals surface area contributed by atoms with Gasteiger partial charge in [0.1, 0.15) is 0 Å². The Balaban J connectivity index is 1.42. The number of nitrogens with one attached hydrogen (secondary N) is 1. The second-order valence-electron chi connectivity index (χ2n) is 7.47. The number of amides is 2. The largest absolute Gasteiger partial charge is 0.353 e. The van der Waals surface area contributed by atoms with Gasteiger partial charge in [-0.3, -0.25) is 9.59 Å². The fraction of sp³-hybridized carbons (Fsp3) is 0.619. The normalized spacial score (nSPS) is 21.8. The number of likely N-dealkylation sites (tertiary alicyclic amines) is 1. The van der Waals surface area contributed by atoms with Crippen LogP contribution >= 0.6 is 0 Å². The van der Waals surface area contributed by atoms with Gasteiger partial charge in [0.15, 0.2) is 0 Å². The van der Waals surface area contributed by atoms with Crippen molar-refractivity contribution in [1.82, 2.24) is 10.2 Å². The smallest absolute Gasteiger partial charge is 0.223 e. The minimum Gasteiger partial charge on any atom is -0.353 e. The van der Waals surface area contributed by atoms with E-state index in [-0.39, 0.29) is 11.8 Å². The van der Waals surface area contributed by atoms with Crippen LogP contribution in [0.15, 0.2) is 30.3 Å². The first-order chi connectivity index (χ1) is 12.2. The molecule has 0 aromatic heterocycles. The second kappa shape index (κ2) is 9.02. The number of benzene rings is 1. The second-order valence-corrected chi connectivity index (χ2v) is 7.47. The van der Waals surface area contributed by atoms with E-state index in [9.17, 15) is 9.59 Å². The van der Waals surface area contributed by atoms with Gasteiger partial charge in [-0.2, -0.15) is 0 Å². The first-order valence-electron chi connectivity index (χ1n) is 9.84. The molecule has 1 saturated heterocycles. The zero-order chi connectivity index (χ0) is 17.5. The van der Waals surface area contributed by atoms with E-state index in [1.54, 1.807) is 0 Å². The summed E-state index contributed by atoms with van der Waals surface area (Å²) in [6.45, 7) is 1.63. The Morgan fingerprint density at radius 2 is 1.68 bits per heavy atom. The molecule has 1 aliphatic carbocycles. The van der Waals surface area contributed by atoms with Gasteiger partial charge >= 0.3 is 0 Å². The highest BCUT2D eigenvalue weighted by atomic mass is 16.2. The molecular formula is C21H30N2O2. The van der Waals surface area contributed by atoms with Crippen molar-refractivity contribution in [3.63, 3.8) is 0 Å². The molecule has 1 saturated carbocycles. The topological polar surface area (TPSA) is 49.4 Å². The summed E-state index contributed by atoms with van der Waals surface area (Å²) in [7, 11) is 0. The van der Waals surface area contributed by atoms with Gasteiger partial charge in [0.05, 0.1) is 0 Å². The monoisotopic (exact) mass is 342 g/mol. The maximum absolute atomic E-state index is 12.5. The van der Waals surface area contributed by atoms with Gasteiger partial charge in [-0.25, -0.2) is 0 Å². The number of carbonyl (C=O) groups is 2. The standard InChI is InChI=1S/C21H30N2O2/c24-20(22-19-10-4-5-11-19)12-13-21(25)23-15-6-9-18(14-16-23)17-7-2-1-3-8-17/h1-3,7-8,18-19H,4-6,9-16H2,(H,22,24)/t18-/m1/s1. The van der Waals surface area contributed by atoms with Crippen molar-refractivity contribution in [2.75, 3.05) is 13.1 Å². The fourth-order valence-electron chi connectivity index (χ4n) is 4.15. The number of nitrogens with zero attached hydrogens (tertiary/aromatic N) is 1. The molecule has 0 radical (unpaired) electrons. The lowest BCUT2D eigenvalue weighted by molar-refractivity contribution is -0.133. The molecule has 1 N–H and O–H groups in total. The summed E-state index contributed by atoms with van der Waals surface area (Å²) in [6, 6.07) is 10.9. The van der Waals surface area contributed by atoms with E-state index >= 15 is 0 Å². The van der Waals surface area contributed by atoms with Crippen molar-refractivity contribution in [2.24, 2.45) is 0 Å². The van der Waals surface area contributed by atoms with Crippen LogP contribution in [-0.2, 0) is 9.59 Å². The quantitative estimate of drug-likeness (QED) is 0.888. The zero-order valence-electron chi connectivity index (χ0n) is 15.1. The lowest BCUT2D eigenvalue weighted by Gasteiger charge is -2.21. The molecule has 136 valence electrons. The van der Waals surface area contributed by atoms with Gasteiger partial charge in [-0.15, -0.1) is 0 Å². The molecule has 2 aliphatic rings. The van der Waals surface area contributed by atoms with E-state index in [1.165, 1.54) is 18.4 Å². The van der Waals surface area contributed by atoms with Crippen LogP contribution < -0.4 is 5.32 Å². The average Bonchev–Trinajstić information content (AvgIpc) is 3.01. The van der Waals surface area contributed by atoms with Gasteiger partial charge < -0.3 is 10.2 Å². The molecule has 1 atom stereocenters. The van der Waals surface area contributed by atoms with Crippen LogP contribution in [0.3, 0.4) is 0 Å². The number of hydrogen-bond donors (Lipinski definition) is 1. The zero-order valence-corrected chi connectivity index (χ0v) is 15.1. The van der Waals surface area contributed by atoms with Crippen molar-refractivity contribution < 1.29 is 9.59 Å². The van der Waals surface area contributed by atoms with Crippen LogP contribution in [0.4, 0.5) is 0 Å². The van der Waals surface area contributed by atoms with E-state index in [4.69, 9.17) is 0 Å². The SMILES string of the molecule is O=C(CCC(=O)N1CCC[C@@H](c2ccccc2)CC1)NC1CCCC1. The maximum Gasteiger partial charge on any atom is 0.223 e. The summed E-state index contributed by atoms with van der Waals surface area (Å²) >= 11 is 0. The van der Waals surface area contributed by atoms with E-state index in [2.05, 4.69) is 29.6 Å². The molecule has 25 heavy (non-hydrogen) atoms. The summed E-state index contributed by atoms with van der Waals surface area (Å²) in [5, 5.41) is 3.07. The molecule has 1 heterocycles. The molecule has 0 spiro atoms. The van der Waals surface area contributed by atoms with Crippen LogP contribution in [0.5, 0.6) is 0 Å². The molecule has 1 aromatic carbocycles. The van der Waals surface area contributed by atoms with E-state index in [1.807, 2.05) is 11.0 Å². The van der Waals surface area contributed by atoms with Gasteiger partial charge in [-0.1, -0.05) is 43.2 Å². The van der Waals surface area contributed by atoms with Crippen LogP contribution in [0.2, 0.25) is 0 Å². The molecule has 1 aromatic rings. The first kappa shape index (κ1) is 18.0. The van der Waals surface area contributed by atoms with Crippen molar-refractivity contribution in [1.29, 1.82) is 0 Å². The van der Waals surface area contributed by atoms with Crippen LogP contribution in [0, 0.1) is 0 Å². The molecule has 1 aliphatic heterocycles. The van der Waals surface area contributed by atoms with Gasteiger partial charge in [-0.05, 0) is 43.6 Å². The minimum absolute atomic E-state index is 0.0391. The molecule has 4 heteroatoms. The summed E-state index contributed by atoms with van der Waals surface area (Å²) in [6.07, 6.45) is 8.46. The molecule has 3 rings (SSSR count). The fourth-order valence-corrected chi connectivity index (χ4v) is 4.15. The highest BCUT2D eigenvalue weighted by Crippen LogP contribution is 2.28. The Hall–Kier alpha value is -1.84. The summed E-state index contributed by atoms with van der Waals surface area (Å²) in [5.74, 6) is 0.720. The van der Waals surface area contributed by atoms with E-state index < -0.39 is 0 Å². The molecule has 4 nitrogen and oxygen atoms in total. The average molecular weight is 342 g/mol.